The van der Waals surface area contributed by atoms with Gasteiger partial charge < -0.3 is 5.73 Å². The molecule has 1 saturated carbocycles. The summed E-state index contributed by atoms with van der Waals surface area (Å²) in [5.74, 6) is 1.58. The smallest absolute Gasteiger partial charge is 0.131 e. The lowest BCUT2D eigenvalue weighted by atomic mass is 10.00. The van der Waals surface area contributed by atoms with E-state index in [0.29, 0.717) is 5.92 Å². The third-order valence-electron chi connectivity index (χ3n) is 2.40. The molecule has 4 heteroatoms. The lowest BCUT2D eigenvalue weighted by Gasteiger charge is -2.18. The number of hydrogen-bond donors (Lipinski definition) is 1. The Balaban J connectivity index is 2.24. The van der Waals surface area contributed by atoms with Crippen LogP contribution in [0.15, 0.2) is 10.7 Å². The van der Waals surface area contributed by atoms with Gasteiger partial charge in [-0.2, -0.15) is 0 Å². The van der Waals surface area contributed by atoms with Crippen molar-refractivity contribution in [3.05, 3.63) is 22.2 Å². The van der Waals surface area contributed by atoms with Gasteiger partial charge in [0.25, 0.3) is 0 Å². The van der Waals surface area contributed by atoms with Crippen LogP contribution >= 0.6 is 15.9 Å². The van der Waals surface area contributed by atoms with Gasteiger partial charge in [-0.1, -0.05) is 0 Å². The number of hydrogen-bond acceptors (Lipinski definition) is 3. The first-order valence-corrected chi connectivity index (χ1v) is 6.05. The van der Waals surface area contributed by atoms with Crippen LogP contribution in [0.3, 0.4) is 0 Å². The van der Waals surface area contributed by atoms with Crippen molar-refractivity contribution in [2.24, 2.45) is 5.73 Å². The Morgan fingerprint density at radius 3 is 2.73 bits per heavy atom. The van der Waals surface area contributed by atoms with E-state index in [2.05, 4.69) is 25.9 Å². The van der Waals surface area contributed by atoms with E-state index in [-0.39, 0.29) is 5.54 Å². The molecule has 0 amide bonds. The Bertz CT molecular complexity index is 367. The molecule has 0 unspecified atom stereocenters. The van der Waals surface area contributed by atoms with Crippen LogP contribution in [0.25, 0.3) is 0 Å². The lowest BCUT2D eigenvalue weighted by molar-refractivity contribution is 0.507. The topological polar surface area (TPSA) is 51.8 Å². The standard InChI is InChI=1S/C11H16BrN3/c1-11(2,13)5-9-8(12)6-14-10(15-9)7-3-4-7/h6-7H,3-5,13H2,1-2H3. The molecular weight excluding hydrogens is 254 g/mol. The van der Waals surface area contributed by atoms with Gasteiger partial charge in [-0.25, -0.2) is 9.97 Å². The number of nitrogens with zero attached hydrogens (tertiary/aromatic N) is 2. The summed E-state index contributed by atoms with van der Waals surface area (Å²) < 4.78 is 0.963. The summed E-state index contributed by atoms with van der Waals surface area (Å²) >= 11 is 3.47. The minimum Gasteiger partial charge on any atom is -0.325 e. The van der Waals surface area contributed by atoms with Gasteiger partial charge >= 0.3 is 0 Å². The molecule has 2 rings (SSSR count). The fraction of sp³-hybridized carbons (Fsp3) is 0.636. The first-order valence-electron chi connectivity index (χ1n) is 5.26. The maximum Gasteiger partial charge on any atom is 0.131 e. The van der Waals surface area contributed by atoms with Crippen molar-refractivity contribution in [2.75, 3.05) is 0 Å². The highest BCUT2D eigenvalue weighted by Crippen LogP contribution is 2.38. The van der Waals surface area contributed by atoms with Gasteiger partial charge in [0.2, 0.25) is 0 Å². The average Bonchev–Trinajstić information content (AvgIpc) is 2.89. The van der Waals surface area contributed by atoms with Gasteiger partial charge in [0.15, 0.2) is 0 Å². The van der Waals surface area contributed by atoms with Gasteiger partial charge in [0.05, 0.1) is 10.2 Å². The molecule has 0 aliphatic heterocycles. The summed E-state index contributed by atoms with van der Waals surface area (Å²) in [6.07, 6.45) is 5.08. The highest BCUT2D eigenvalue weighted by Gasteiger charge is 2.27. The highest BCUT2D eigenvalue weighted by atomic mass is 79.9. The van der Waals surface area contributed by atoms with Crippen LogP contribution in [0, 0.1) is 0 Å². The molecule has 82 valence electrons. The van der Waals surface area contributed by atoms with Crippen LogP contribution < -0.4 is 5.73 Å². The molecule has 0 saturated heterocycles. The fourth-order valence-electron chi connectivity index (χ4n) is 1.51. The first kappa shape index (κ1) is 11.0. The molecule has 0 atom stereocenters. The third kappa shape index (κ3) is 2.98. The molecular formula is C11H16BrN3. The second-order valence-electron chi connectivity index (χ2n) is 4.96. The Morgan fingerprint density at radius 2 is 2.20 bits per heavy atom. The molecule has 15 heavy (non-hydrogen) atoms. The van der Waals surface area contributed by atoms with E-state index in [9.17, 15) is 0 Å². The Hall–Kier alpha value is -0.480. The zero-order chi connectivity index (χ0) is 11.1. The van der Waals surface area contributed by atoms with Crippen molar-refractivity contribution in [1.29, 1.82) is 0 Å². The summed E-state index contributed by atoms with van der Waals surface area (Å²) in [6.45, 7) is 4.02. The van der Waals surface area contributed by atoms with E-state index in [1.54, 1.807) is 0 Å². The molecule has 1 aromatic rings. The third-order valence-corrected chi connectivity index (χ3v) is 3.06. The normalized spacial score (nSPS) is 16.8. The summed E-state index contributed by atoms with van der Waals surface area (Å²) in [6, 6.07) is 0. The largest absolute Gasteiger partial charge is 0.325 e. The van der Waals surface area contributed by atoms with Crippen molar-refractivity contribution in [1.82, 2.24) is 9.97 Å². The summed E-state index contributed by atoms with van der Waals surface area (Å²) in [7, 11) is 0. The fourth-order valence-corrected chi connectivity index (χ4v) is 1.84. The Morgan fingerprint density at radius 1 is 1.53 bits per heavy atom. The highest BCUT2D eigenvalue weighted by molar-refractivity contribution is 9.10. The van der Waals surface area contributed by atoms with E-state index < -0.39 is 0 Å². The summed E-state index contributed by atoms with van der Waals surface area (Å²) in [5, 5.41) is 0. The van der Waals surface area contributed by atoms with E-state index >= 15 is 0 Å². The van der Waals surface area contributed by atoms with Crippen molar-refractivity contribution >= 4 is 15.9 Å². The number of nitrogens with two attached hydrogens (primary N) is 1. The molecule has 2 N–H and O–H groups in total. The maximum absolute atomic E-state index is 6.00. The second-order valence-corrected chi connectivity index (χ2v) is 5.82. The molecule has 0 bridgehead atoms. The Kier molecular flexibility index (Phi) is 2.81. The first-order chi connectivity index (χ1) is 6.96. The molecule has 1 fully saturated rings. The van der Waals surface area contributed by atoms with Gasteiger partial charge in [0.1, 0.15) is 5.82 Å². The van der Waals surface area contributed by atoms with Crippen molar-refractivity contribution < 1.29 is 0 Å². The van der Waals surface area contributed by atoms with Crippen LogP contribution in [-0.2, 0) is 6.42 Å². The number of rotatable bonds is 3. The lowest BCUT2D eigenvalue weighted by Crippen LogP contribution is -2.35. The van der Waals surface area contributed by atoms with Crippen LogP contribution in [0.1, 0.15) is 44.1 Å². The quantitative estimate of drug-likeness (QED) is 0.917. The number of aromatic nitrogens is 2. The maximum atomic E-state index is 6.00. The van der Waals surface area contributed by atoms with Crippen molar-refractivity contribution in [3.63, 3.8) is 0 Å². The van der Waals surface area contributed by atoms with E-state index in [4.69, 9.17) is 5.73 Å². The molecule has 0 radical (unpaired) electrons. The monoisotopic (exact) mass is 269 g/mol. The molecule has 1 aliphatic rings. The molecule has 3 nitrogen and oxygen atoms in total. The van der Waals surface area contributed by atoms with E-state index in [1.165, 1.54) is 12.8 Å². The van der Waals surface area contributed by atoms with Crippen LogP contribution in [0.2, 0.25) is 0 Å². The predicted octanol–water partition coefficient (Wildman–Crippen LogP) is 2.40. The summed E-state index contributed by atoms with van der Waals surface area (Å²) in [4.78, 5) is 8.91. The van der Waals surface area contributed by atoms with Crippen LogP contribution in [0.5, 0.6) is 0 Å². The van der Waals surface area contributed by atoms with Crippen molar-refractivity contribution in [2.45, 2.75) is 44.6 Å². The summed E-state index contributed by atoms with van der Waals surface area (Å²) in [5.41, 5.74) is 6.80. The molecule has 0 spiro atoms. The predicted molar refractivity (Wildman–Crippen MR) is 63.7 cm³/mol. The number of halogens is 1. The van der Waals surface area contributed by atoms with Gasteiger partial charge in [0, 0.05) is 24.1 Å². The van der Waals surface area contributed by atoms with E-state index in [0.717, 1.165) is 22.4 Å². The molecule has 1 aliphatic carbocycles. The van der Waals surface area contributed by atoms with E-state index in [1.807, 2.05) is 20.0 Å². The molecule has 1 heterocycles. The van der Waals surface area contributed by atoms with Gasteiger partial charge in [-0.3, -0.25) is 0 Å². The molecule has 1 aromatic heterocycles. The second kappa shape index (κ2) is 3.83. The van der Waals surface area contributed by atoms with Crippen LogP contribution in [0.4, 0.5) is 0 Å². The SMILES string of the molecule is CC(C)(N)Cc1nc(C2CC2)ncc1Br. The zero-order valence-corrected chi connectivity index (χ0v) is 10.7. The average molecular weight is 270 g/mol. The zero-order valence-electron chi connectivity index (χ0n) is 9.13. The van der Waals surface area contributed by atoms with Crippen LogP contribution in [-0.4, -0.2) is 15.5 Å². The minimum atomic E-state index is -0.225. The van der Waals surface area contributed by atoms with Gasteiger partial charge in [-0.15, -0.1) is 0 Å². The van der Waals surface area contributed by atoms with Crippen molar-refractivity contribution in [3.8, 4) is 0 Å². The van der Waals surface area contributed by atoms with Gasteiger partial charge in [-0.05, 0) is 42.6 Å². The minimum absolute atomic E-state index is 0.225. The Labute approximate surface area is 98.6 Å². The molecule has 0 aromatic carbocycles.